The van der Waals surface area contributed by atoms with Gasteiger partial charge in [0.1, 0.15) is 5.78 Å². The molecular formula is C22H24KN2O3-. The second-order valence-corrected chi connectivity index (χ2v) is 5.27. The van der Waals surface area contributed by atoms with Crippen molar-refractivity contribution >= 4 is 18.3 Å². The van der Waals surface area contributed by atoms with Crippen molar-refractivity contribution in [2.45, 2.75) is 27.7 Å². The number of aliphatic hydroxyl groups is 1. The summed E-state index contributed by atoms with van der Waals surface area (Å²) in [5, 5.41) is 8.83. The van der Waals surface area contributed by atoms with Gasteiger partial charge in [-0.15, -0.1) is 12.7 Å². The number of benzene rings is 1. The first-order valence-electron chi connectivity index (χ1n) is 8.14. The Kier molecular flexibility index (Phi) is 17.7. The van der Waals surface area contributed by atoms with Crippen LogP contribution in [0.1, 0.15) is 35.3 Å². The average Bonchev–Trinajstić information content (AvgIpc) is 2.67. The molecule has 0 saturated carbocycles. The van der Waals surface area contributed by atoms with Crippen LogP contribution in [0.4, 0.5) is 0 Å². The molecule has 0 saturated heterocycles. The van der Waals surface area contributed by atoms with E-state index in [2.05, 4.69) is 22.6 Å². The smallest absolute Gasteiger partial charge is 0.590 e. The number of carbonyl (C=O) groups excluding carboxylic acids is 2. The topological polar surface area (TPSA) is 79.6 Å². The molecule has 0 aliphatic carbocycles. The Morgan fingerprint density at radius 1 is 1.32 bits per heavy atom. The largest absolute Gasteiger partial charge is 1.00 e. The van der Waals surface area contributed by atoms with E-state index in [1.807, 2.05) is 44.3 Å². The Morgan fingerprint density at radius 2 is 2.00 bits per heavy atom. The number of ketones is 1. The van der Waals surface area contributed by atoms with Crippen molar-refractivity contribution in [1.29, 1.82) is 0 Å². The summed E-state index contributed by atoms with van der Waals surface area (Å²) in [6.07, 6.45) is 7.59. The number of aryl methyl sites for hydroxylation is 2. The molecule has 0 spiro atoms. The second-order valence-electron chi connectivity index (χ2n) is 5.27. The van der Waals surface area contributed by atoms with Crippen LogP contribution in [0.3, 0.4) is 0 Å². The molecule has 0 fully saturated rings. The molecular weight excluding hydrogens is 379 g/mol. The van der Waals surface area contributed by atoms with Gasteiger partial charge in [0.05, 0.1) is 0 Å². The van der Waals surface area contributed by atoms with E-state index in [-0.39, 0.29) is 68.6 Å². The summed E-state index contributed by atoms with van der Waals surface area (Å²) in [5.74, 6) is -0.163. The van der Waals surface area contributed by atoms with Gasteiger partial charge < -0.3 is 14.7 Å². The predicted molar refractivity (Wildman–Crippen MR) is 109 cm³/mol. The van der Waals surface area contributed by atoms with E-state index in [1.165, 1.54) is 18.1 Å². The third-order valence-electron chi connectivity index (χ3n) is 2.98. The van der Waals surface area contributed by atoms with Crippen molar-refractivity contribution < 1.29 is 66.1 Å². The molecule has 0 atom stereocenters. The van der Waals surface area contributed by atoms with Gasteiger partial charge in [0.15, 0.2) is 0 Å². The second kappa shape index (κ2) is 17.4. The number of nitrogens with zero attached hydrogens (tertiary/aromatic N) is 2. The minimum absolute atomic E-state index is 0. The normalized spacial score (nSPS) is 10.1. The number of Topliss-reactive ketones (excluding diaryl/α,β-unsaturated/α-hetero) is 1. The molecule has 2 aromatic rings. The number of carbonyl (C=O) groups is 1. The summed E-state index contributed by atoms with van der Waals surface area (Å²) in [6.45, 7) is 10.4. The van der Waals surface area contributed by atoms with E-state index in [9.17, 15) is 9.59 Å². The Bertz CT molecular complexity index is 783. The number of hydrogen-bond donors (Lipinski definition) is 1. The third kappa shape index (κ3) is 13.5. The van der Waals surface area contributed by atoms with Crippen molar-refractivity contribution in [3.8, 4) is 0 Å². The number of aromatic nitrogens is 1. The Balaban J connectivity index is 0. The van der Waals surface area contributed by atoms with Crippen molar-refractivity contribution in [2.24, 2.45) is 4.99 Å². The summed E-state index contributed by atoms with van der Waals surface area (Å²) in [7, 11) is 0. The number of allylic oxidation sites excluding steroid dienone is 2. The molecule has 0 bridgehead atoms. The number of rotatable bonds is 4. The SMILES string of the molecule is C=C/C(O)=C(/[C-]=O)N=CC.CC(=O)c1c[c-]c(C)cc1.Cc1cccnc1.[K+]. The van der Waals surface area contributed by atoms with Gasteiger partial charge in [-0.3, -0.25) is 9.98 Å². The molecule has 0 radical (unpaired) electrons. The van der Waals surface area contributed by atoms with Gasteiger partial charge in [0, 0.05) is 18.7 Å². The summed E-state index contributed by atoms with van der Waals surface area (Å²) < 4.78 is 0. The summed E-state index contributed by atoms with van der Waals surface area (Å²) in [4.78, 5) is 28.1. The van der Waals surface area contributed by atoms with Gasteiger partial charge in [-0.2, -0.15) is 29.8 Å². The first-order valence-corrected chi connectivity index (χ1v) is 8.14. The van der Waals surface area contributed by atoms with E-state index >= 15 is 0 Å². The van der Waals surface area contributed by atoms with Crippen LogP contribution in [0.15, 0.2) is 71.8 Å². The zero-order valence-corrected chi connectivity index (χ0v) is 20.2. The van der Waals surface area contributed by atoms with E-state index in [0.29, 0.717) is 0 Å². The van der Waals surface area contributed by atoms with Crippen LogP contribution in [0.5, 0.6) is 0 Å². The zero-order valence-electron chi connectivity index (χ0n) is 17.1. The summed E-state index contributed by atoms with van der Waals surface area (Å²) >= 11 is 0. The third-order valence-corrected chi connectivity index (χ3v) is 2.98. The molecule has 28 heavy (non-hydrogen) atoms. The number of pyridine rings is 1. The standard InChI is InChI=1S/C9H9O.C7H8NO2.C6H7N.K/c1-7-3-5-9(6-4-7)8(2)10;1-3-7(10)6(5-9)8-4-2;1-6-3-2-4-7-5-6;/h3,5-6H,1-2H3;3-4,10H,1H2,2H3;2-5H,1H3;/q2*-1;;+1/b;7-6+,8-4?;;. The van der Waals surface area contributed by atoms with Crippen molar-refractivity contribution in [3.05, 3.63) is 89.6 Å². The van der Waals surface area contributed by atoms with Gasteiger partial charge >= 0.3 is 51.4 Å². The van der Waals surface area contributed by atoms with Gasteiger partial charge in [-0.25, -0.2) is 0 Å². The number of hydrogen-bond acceptors (Lipinski definition) is 5. The molecule has 0 unspecified atom stereocenters. The molecule has 0 aliphatic heterocycles. The van der Waals surface area contributed by atoms with Crippen LogP contribution in [0, 0.1) is 19.9 Å². The van der Waals surface area contributed by atoms with Crippen molar-refractivity contribution in [1.82, 2.24) is 4.98 Å². The molecule has 5 nitrogen and oxygen atoms in total. The summed E-state index contributed by atoms with van der Waals surface area (Å²) in [6, 6.07) is 12.3. The van der Waals surface area contributed by atoms with E-state index in [0.717, 1.165) is 17.2 Å². The van der Waals surface area contributed by atoms with Crippen LogP contribution < -0.4 is 51.4 Å². The molecule has 1 heterocycles. The maximum atomic E-state index is 10.7. The molecule has 142 valence electrons. The number of aliphatic hydroxyl groups excluding tert-OH is 1. The fraction of sp³-hybridized carbons (Fsp3) is 0.182. The molecule has 2 rings (SSSR count). The van der Waals surface area contributed by atoms with Crippen molar-refractivity contribution in [3.63, 3.8) is 0 Å². The predicted octanol–water partition coefficient (Wildman–Crippen LogP) is 1.53. The van der Waals surface area contributed by atoms with Crippen LogP contribution >= 0.6 is 0 Å². The van der Waals surface area contributed by atoms with Crippen LogP contribution in [0.25, 0.3) is 0 Å². The van der Waals surface area contributed by atoms with E-state index < -0.39 is 0 Å². The Hall–Kier alpha value is -1.70. The zero-order chi connectivity index (χ0) is 20.7. The van der Waals surface area contributed by atoms with Gasteiger partial charge in [0.25, 0.3) is 0 Å². The molecule has 1 aromatic heterocycles. The Morgan fingerprint density at radius 3 is 2.32 bits per heavy atom. The van der Waals surface area contributed by atoms with E-state index in [1.54, 1.807) is 26.1 Å². The average molecular weight is 404 g/mol. The van der Waals surface area contributed by atoms with Crippen molar-refractivity contribution in [2.75, 3.05) is 0 Å². The monoisotopic (exact) mass is 403 g/mol. The fourth-order valence-electron chi connectivity index (χ4n) is 1.54. The van der Waals surface area contributed by atoms with Gasteiger partial charge in [0.2, 0.25) is 0 Å². The first kappa shape index (κ1) is 28.5. The molecule has 6 heteroatoms. The van der Waals surface area contributed by atoms with Crippen LogP contribution in [-0.2, 0) is 4.79 Å². The quantitative estimate of drug-likeness (QED) is 0.160. The van der Waals surface area contributed by atoms with Crippen LogP contribution in [-0.4, -0.2) is 28.4 Å². The Labute approximate surface area is 209 Å². The first-order chi connectivity index (χ1) is 12.8. The molecule has 1 aromatic carbocycles. The molecule has 0 amide bonds. The minimum atomic E-state index is -0.256. The van der Waals surface area contributed by atoms with Crippen LogP contribution in [0.2, 0.25) is 0 Å². The maximum absolute atomic E-state index is 10.7. The maximum Gasteiger partial charge on any atom is 1.00 e. The molecule has 1 N–H and O–H groups in total. The minimum Gasteiger partial charge on any atom is -0.590 e. The fourth-order valence-corrected chi connectivity index (χ4v) is 1.54. The number of aliphatic imine (C=N–C) groups is 1. The van der Waals surface area contributed by atoms with Gasteiger partial charge in [-0.05, 0) is 50.1 Å². The van der Waals surface area contributed by atoms with E-state index in [4.69, 9.17) is 5.11 Å². The molecule has 0 aliphatic rings. The van der Waals surface area contributed by atoms with Gasteiger partial charge in [-0.1, -0.05) is 18.6 Å². The summed E-state index contributed by atoms with van der Waals surface area (Å²) in [5.41, 5.74) is 2.87.